The summed E-state index contributed by atoms with van der Waals surface area (Å²) in [5.41, 5.74) is 1.15. The lowest BCUT2D eigenvalue weighted by atomic mass is 10.1. The minimum Gasteiger partial charge on any atom is -0.308 e. The van der Waals surface area contributed by atoms with Crippen molar-refractivity contribution in [3.05, 3.63) is 58.9 Å². The Balaban J connectivity index is 2.25. The quantitative estimate of drug-likeness (QED) is 0.795. The van der Waals surface area contributed by atoms with E-state index in [1.165, 1.54) is 23.9 Å². The van der Waals surface area contributed by atoms with Gasteiger partial charge in [0.1, 0.15) is 5.82 Å². The highest BCUT2D eigenvalue weighted by molar-refractivity contribution is 7.99. The molecule has 0 spiro atoms. The van der Waals surface area contributed by atoms with Crippen molar-refractivity contribution in [1.29, 1.82) is 0 Å². The van der Waals surface area contributed by atoms with Crippen LogP contribution in [0, 0.1) is 5.82 Å². The highest BCUT2D eigenvalue weighted by Crippen LogP contribution is 2.36. The molecule has 0 heterocycles. The van der Waals surface area contributed by atoms with E-state index < -0.39 is 0 Å². The zero-order valence-electron chi connectivity index (χ0n) is 12.4. The zero-order valence-corrected chi connectivity index (χ0v) is 14.0. The number of hydrogen-bond donors (Lipinski definition) is 1. The molecule has 112 valence electrons. The average Bonchev–Trinajstić information content (AvgIpc) is 2.39. The summed E-state index contributed by atoms with van der Waals surface area (Å²) in [7, 11) is 0. The lowest BCUT2D eigenvalue weighted by Gasteiger charge is -2.22. The Morgan fingerprint density at radius 3 is 2.52 bits per heavy atom. The molecule has 0 aliphatic rings. The summed E-state index contributed by atoms with van der Waals surface area (Å²) in [4.78, 5) is 1.82. The topological polar surface area (TPSA) is 12.0 Å². The Morgan fingerprint density at radius 1 is 1.14 bits per heavy atom. The van der Waals surface area contributed by atoms with Gasteiger partial charge in [-0.1, -0.05) is 41.6 Å². The van der Waals surface area contributed by atoms with Crippen molar-refractivity contribution in [2.45, 2.75) is 42.6 Å². The maximum Gasteiger partial charge on any atom is 0.124 e. The summed E-state index contributed by atoms with van der Waals surface area (Å²) in [5, 5.41) is 4.15. The first-order chi connectivity index (χ1) is 9.85. The van der Waals surface area contributed by atoms with Crippen LogP contribution in [-0.4, -0.2) is 5.54 Å². The Morgan fingerprint density at radius 2 is 1.86 bits per heavy atom. The van der Waals surface area contributed by atoms with Gasteiger partial charge in [0.15, 0.2) is 0 Å². The number of benzene rings is 2. The van der Waals surface area contributed by atoms with E-state index in [0.717, 1.165) is 21.9 Å². The van der Waals surface area contributed by atoms with Crippen molar-refractivity contribution in [2.24, 2.45) is 0 Å². The molecule has 0 aromatic heterocycles. The molecule has 0 amide bonds. The maximum atomic E-state index is 13.3. The monoisotopic (exact) mass is 323 g/mol. The molecular formula is C17H19ClFNS. The van der Waals surface area contributed by atoms with E-state index in [0.29, 0.717) is 5.02 Å². The van der Waals surface area contributed by atoms with Crippen LogP contribution in [0.5, 0.6) is 0 Å². The van der Waals surface area contributed by atoms with Gasteiger partial charge in [0.05, 0.1) is 5.02 Å². The van der Waals surface area contributed by atoms with Crippen molar-refractivity contribution >= 4 is 23.4 Å². The van der Waals surface area contributed by atoms with E-state index in [1.54, 1.807) is 6.07 Å². The lowest BCUT2D eigenvalue weighted by Crippen LogP contribution is -2.35. The van der Waals surface area contributed by atoms with Crippen LogP contribution in [0.15, 0.2) is 52.3 Å². The van der Waals surface area contributed by atoms with E-state index in [1.807, 2.05) is 24.3 Å². The van der Waals surface area contributed by atoms with Gasteiger partial charge in [0.25, 0.3) is 0 Å². The van der Waals surface area contributed by atoms with E-state index >= 15 is 0 Å². The third kappa shape index (κ3) is 5.03. The molecule has 21 heavy (non-hydrogen) atoms. The van der Waals surface area contributed by atoms with Gasteiger partial charge in [-0.2, -0.15) is 0 Å². The predicted molar refractivity (Wildman–Crippen MR) is 88.6 cm³/mol. The largest absolute Gasteiger partial charge is 0.308 e. The molecule has 0 saturated heterocycles. The second-order valence-corrected chi connectivity index (χ2v) is 7.38. The Labute approximate surface area is 134 Å². The van der Waals surface area contributed by atoms with Crippen molar-refractivity contribution in [3.8, 4) is 0 Å². The van der Waals surface area contributed by atoms with Gasteiger partial charge < -0.3 is 5.32 Å². The highest BCUT2D eigenvalue weighted by atomic mass is 35.5. The number of nitrogens with one attached hydrogen (secondary N) is 1. The first kappa shape index (κ1) is 16.3. The second-order valence-electron chi connectivity index (χ2n) is 5.89. The first-order valence-electron chi connectivity index (χ1n) is 6.81. The molecule has 2 aromatic carbocycles. The minimum absolute atomic E-state index is 0.0309. The van der Waals surface area contributed by atoms with Gasteiger partial charge in [-0.3, -0.25) is 0 Å². The van der Waals surface area contributed by atoms with Gasteiger partial charge in [-0.05, 0) is 50.6 Å². The molecule has 0 unspecified atom stereocenters. The van der Waals surface area contributed by atoms with E-state index in [9.17, 15) is 4.39 Å². The van der Waals surface area contributed by atoms with E-state index in [4.69, 9.17) is 11.6 Å². The van der Waals surface area contributed by atoms with Gasteiger partial charge >= 0.3 is 0 Å². The molecule has 0 radical (unpaired) electrons. The molecule has 1 N–H and O–H groups in total. The van der Waals surface area contributed by atoms with Crippen LogP contribution in [0.2, 0.25) is 5.02 Å². The Hall–Kier alpha value is -1.03. The van der Waals surface area contributed by atoms with Crippen LogP contribution >= 0.6 is 23.4 Å². The molecule has 0 aliphatic carbocycles. The molecule has 0 saturated carbocycles. The SMILES string of the molecule is CC(C)(C)NCc1cccc(Cl)c1Sc1cccc(F)c1. The van der Waals surface area contributed by atoms with Gasteiger partial charge in [0.2, 0.25) is 0 Å². The molecule has 2 rings (SSSR count). The third-order valence-corrected chi connectivity index (χ3v) is 4.48. The average molecular weight is 324 g/mol. The molecule has 4 heteroatoms. The van der Waals surface area contributed by atoms with Gasteiger partial charge in [0, 0.05) is 21.9 Å². The fourth-order valence-corrected chi connectivity index (χ4v) is 3.12. The molecule has 0 bridgehead atoms. The fourth-order valence-electron chi connectivity index (χ4n) is 1.82. The normalized spacial score (nSPS) is 11.7. The lowest BCUT2D eigenvalue weighted by molar-refractivity contribution is 0.422. The molecular weight excluding hydrogens is 305 g/mol. The molecule has 2 aromatic rings. The summed E-state index contributed by atoms with van der Waals surface area (Å²) >= 11 is 7.82. The summed E-state index contributed by atoms with van der Waals surface area (Å²) in [6, 6.07) is 12.4. The smallest absolute Gasteiger partial charge is 0.124 e. The first-order valence-corrected chi connectivity index (χ1v) is 8.00. The van der Waals surface area contributed by atoms with Crippen LogP contribution in [0.4, 0.5) is 4.39 Å². The van der Waals surface area contributed by atoms with Crippen LogP contribution in [0.1, 0.15) is 26.3 Å². The molecule has 0 aliphatic heterocycles. The summed E-state index contributed by atoms with van der Waals surface area (Å²) in [6.45, 7) is 7.09. The standard InChI is InChI=1S/C17H19ClFNS/c1-17(2,3)20-11-12-6-4-9-15(18)16(12)21-14-8-5-7-13(19)10-14/h4-10,20H,11H2,1-3H3. The zero-order chi connectivity index (χ0) is 15.5. The van der Waals surface area contributed by atoms with Crippen molar-refractivity contribution < 1.29 is 4.39 Å². The minimum atomic E-state index is -0.235. The van der Waals surface area contributed by atoms with Crippen LogP contribution in [0.25, 0.3) is 0 Å². The van der Waals surface area contributed by atoms with Crippen molar-refractivity contribution in [2.75, 3.05) is 0 Å². The summed E-state index contributed by atoms with van der Waals surface area (Å²) < 4.78 is 13.3. The van der Waals surface area contributed by atoms with Crippen molar-refractivity contribution in [3.63, 3.8) is 0 Å². The number of hydrogen-bond acceptors (Lipinski definition) is 2. The van der Waals surface area contributed by atoms with Crippen molar-refractivity contribution in [1.82, 2.24) is 5.32 Å². The van der Waals surface area contributed by atoms with Crippen LogP contribution in [0.3, 0.4) is 0 Å². The Bertz CT molecular complexity index is 622. The maximum absolute atomic E-state index is 13.3. The third-order valence-electron chi connectivity index (χ3n) is 2.87. The van der Waals surface area contributed by atoms with E-state index in [2.05, 4.69) is 26.1 Å². The van der Waals surface area contributed by atoms with E-state index in [-0.39, 0.29) is 11.4 Å². The Kier molecular flexibility index (Phi) is 5.31. The molecule has 0 atom stereocenters. The predicted octanol–water partition coefficient (Wildman–Crippen LogP) is 5.52. The summed E-state index contributed by atoms with van der Waals surface area (Å²) in [6.07, 6.45) is 0. The number of rotatable bonds is 4. The van der Waals surface area contributed by atoms with Gasteiger partial charge in [-0.15, -0.1) is 0 Å². The molecule has 0 fully saturated rings. The van der Waals surface area contributed by atoms with Crippen LogP contribution < -0.4 is 5.32 Å². The fraction of sp³-hybridized carbons (Fsp3) is 0.294. The van der Waals surface area contributed by atoms with Crippen LogP contribution in [-0.2, 0) is 6.54 Å². The van der Waals surface area contributed by atoms with Gasteiger partial charge in [-0.25, -0.2) is 4.39 Å². The number of halogens is 2. The summed E-state index contributed by atoms with van der Waals surface area (Å²) in [5.74, 6) is -0.235. The molecule has 1 nitrogen and oxygen atoms in total. The second kappa shape index (κ2) is 6.82. The highest BCUT2D eigenvalue weighted by Gasteiger charge is 2.13.